The van der Waals surface area contributed by atoms with E-state index in [1.807, 2.05) is 30.3 Å². The van der Waals surface area contributed by atoms with Crippen molar-refractivity contribution in [2.24, 2.45) is 0 Å². The number of anilines is 1. The molecule has 1 amide bonds. The summed E-state index contributed by atoms with van der Waals surface area (Å²) in [4.78, 5) is 29.8. The first-order valence-corrected chi connectivity index (χ1v) is 12.0. The predicted octanol–water partition coefficient (Wildman–Crippen LogP) is 4.05. The molecule has 4 rings (SSSR count). The van der Waals surface area contributed by atoms with Gasteiger partial charge in [0, 0.05) is 31.1 Å². The summed E-state index contributed by atoms with van der Waals surface area (Å²) in [6.07, 6.45) is 1.74. The lowest BCUT2D eigenvalue weighted by atomic mass is 10.1. The number of benzene rings is 2. The molecular formula is C22H21N3O4S2. The normalized spacial score (nSPS) is 13.9. The van der Waals surface area contributed by atoms with Crippen molar-refractivity contribution in [3.63, 3.8) is 0 Å². The maximum Gasteiger partial charge on any atom is 0.257 e. The van der Waals surface area contributed by atoms with Crippen LogP contribution in [-0.4, -0.2) is 42.5 Å². The van der Waals surface area contributed by atoms with Crippen molar-refractivity contribution < 1.29 is 18.0 Å². The summed E-state index contributed by atoms with van der Waals surface area (Å²) in [7, 11) is -1.99. The highest BCUT2D eigenvalue weighted by molar-refractivity contribution is 7.89. The number of amides is 1. The van der Waals surface area contributed by atoms with Gasteiger partial charge in [0.05, 0.1) is 15.5 Å². The number of sulfonamides is 1. The minimum atomic E-state index is -3.57. The molecule has 0 saturated heterocycles. The Kier molecular flexibility index (Phi) is 5.74. The lowest BCUT2D eigenvalue weighted by molar-refractivity contribution is 0.101. The second kappa shape index (κ2) is 8.33. The fraction of sp³-hybridized carbons (Fsp3) is 0.227. The maximum absolute atomic E-state index is 12.7. The van der Waals surface area contributed by atoms with Crippen LogP contribution in [0.25, 0.3) is 11.3 Å². The van der Waals surface area contributed by atoms with Crippen LogP contribution in [0.5, 0.6) is 0 Å². The van der Waals surface area contributed by atoms with E-state index in [9.17, 15) is 18.0 Å². The summed E-state index contributed by atoms with van der Waals surface area (Å²) in [5.74, 6) is -0.561. The number of hydrogen-bond acceptors (Lipinski definition) is 6. The third kappa shape index (κ3) is 4.43. The van der Waals surface area contributed by atoms with Gasteiger partial charge in [-0.05, 0) is 37.1 Å². The minimum absolute atomic E-state index is 0.0622. The number of nitrogens with zero attached hydrogens (tertiary/aromatic N) is 2. The van der Waals surface area contributed by atoms with Gasteiger partial charge in [0.1, 0.15) is 0 Å². The van der Waals surface area contributed by atoms with Crippen LogP contribution in [0.4, 0.5) is 5.13 Å². The molecule has 1 aliphatic rings. The third-order valence-electron chi connectivity index (χ3n) is 5.07. The molecule has 160 valence electrons. The number of ketones is 1. The van der Waals surface area contributed by atoms with Crippen LogP contribution >= 0.6 is 11.3 Å². The zero-order chi connectivity index (χ0) is 22.2. The maximum atomic E-state index is 12.7. The molecule has 0 unspecified atom stereocenters. The molecule has 31 heavy (non-hydrogen) atoms. The second-order valence-electron chi connectivity index (χ2n) is 7.35. The van der Waals surface area contributed by atoms with Crippen molar-refractivity contribution in [3.8, 4) is 11.3 Å². The molecule has 9 heteroatoms. The first kappa shape index (κ1) is 21.4. The lowest BCUT2D eigenvalue weighted by Gasteiger charge is -2.16. The van der Waals surface area contributed by atoms with E-state index in [1.165, 1.54) is 35.5 Å². The zero-order valence-corrected chi connectivity index (χ0v) is 18.7. The first-order chi connectivity index (χ1) is 14.8. The van der Waals surface area contributed by atoms with Crippen molar-refractivity contribution >= 4 is 38.2 Å². The van der Waals surface area contributed by atoms with E-state index >= 15 is 0 Å². The summed E-state index contributed by atoms with van der Waals surface area (Å²) < 4.78 is 26.6. The number of Topliss-reactive ketones (excluding diaryl/α,β-unsaturated/α-hetero) is 1. The van der Waals surface area contributed by atoms with E-state index in [4.69, 9.17) is 0 Å². The molecule has 1 heterocycles. The lowest BCUT2D eigenvalue weighted by Crippen LogP contribution is -2.29. The van der Waals surface area contributed by atoms with Gasteiger partial charge >= 0.3 is 0 Å². The van der Waals surface area contributed by atoms with E-state index in [0.717, 1.165) is 29.7 Å². The Hall–Kier alpha value is -2.88. The minimum Gasteiger partial charge on any atom is -0.298 e. The Bertz CT molecular complexity index is 1230. The van der Waals surface area contributed by atoms with Crippen molar-refractivity contribution in [2.75, 3.05) is 12.4 Å². The number of nitrogens with one attached hydrogen (secondary N) is 1. The average molecular weight is 456 g/mol. The quantitative estimate of drug-likeness (QED) is 0.542. The Labute approximate surface area is 184 Å². The van der Waals surface area contributed by atoms with Crippen molar-refractivity contribution in [2.45, 2.75) is 30.7 Å². The number of carbonyl (C=O) groups excluding carboxylic acids is 2. The smallest absolute Gasteiger partial charge is 0.257 e. The van der Waals surface area contributed by atoms with Crippen LogP contribution < -0.4 is 5.32 Å². The Morgan fingerprint density at radius 1 is 1.06 bits per heavy atom. The SMILES string of the molecule is CC(=O)c1sc(NC(=O)c2ccc(S(=O)(=O)N(C)C3CC3)cc2)nc1-c1ccccc1. The van der Waals surface area contributed by atoms with Crippen molar-refractivity contribution in [1.29, 1.82) is 0 Å². The standard InChI is InChI=1S/C22H21N3O4S2/c1-14(26)20-19(15-6-4-3-5-7-15)23-22(30-20)24-21(27)16-8-12-18(13-9-16)31(28,29)25(2)17-10-11-17/h3-9,12-13,17H,10-11H2,1-2H3,(H,23,24,27). The summed E-state index contributed by atoms with van der Waals surface area (Å²) in [5, 5.41) is 3.01. The van der Waals surface area contributed by atoms with E-state index in [-0.39, 0.29) is 16.7 Å². The van der Waals surface area contributed by atoms with Gasteiger partial charge in [-0.15, -0.1) is 0 Å². The van der Waals surface area contributed by atoms with Gasteiger partial charge in [0.15, 0.2) is 10.9 Å². The van der Waals surface area contributed by atoms with E-state index in [2.05, 4.69) is 10.3 Å². The zero-order valence-electron chi connectivity index (χ0n) is 17.0. The van der Waals surface area contributed by atoms with Crippen LogP contribution in [0.3, 0.4) is 0 Å². The van der Waals surface area contributed by atoms with Gasteiger partial charge in [0.25, 0.3) is 5.91 Å². The van der Waals surface area contributed by atoms with Crippen LogP contribution in [0.2, 0.25) is 0 Å². The highest BCUT2D eigenvalue weighted by Gasteiger charge is 2.35. The van der Waals surface area contributed by atoms with E-state index in [1.54, 1.807) is 7.05 Å². The summed E-state index contributed by atoms with van der Waals surface area (Å²) in [5.41, 5.74) is 1.62. The van der Waals surface area contributed by atoms with Crippen LogP contribution in [0, 0.1) is 0 Å². The summed E-state index contributed by atoms with van der Waals surface area (Å²) >= 11 is 1.11. The van der Waals surface area contributed by atoms with Gasteiger partial charge < -0.3 is 0 Å². The summed E-state index contributed by atoms with van der Waals surface area (Å²) in [6, 6.07) is 15.2. The molecule has 0 radical (unpaired) electrons. The van der Waals surface area contributed by atoms with Crippen molar-refractivity contribution in [3.05, 3.63) is 65.0 Å². The second-order valence-corrected chi connectivity index (χ2v) is 10.3. The van der Waals surface area contributed by atoms with Gasteiger partial charge in [-0.1, -0.05) is 41.7 Å². The fourth-order valence-corrected chi connectivity index (χ4v) is 5.45. The highest BCUT2D eigenvalue weighted by atomic mass is 32.2. The molecule has 7 nitrogen and oxygen atoms in total. The van der Waals surface area contributed by atoms with Gasteiger partial charge in [0.2, 0.25) is 10.0 Å². The summed E-state index contributed by atoms with van der Waals surface area (Å²) in [6.45, 7) is 1.46. The third-order valence-corrected chi connectivity index (χ3v) is 8.07. The number of thiazole rings is 1. The molecule has 1 aliphatic carbocycles. The van der Waals surface area contributed by atoms with E-state index in [0.29, 0.717) is 21.3 Å². The topological polar surface area (TPSA) is 96.4 Å². The highest BCUT2D eigenvalue weighted by Crippen LogP contribution is 2.32. The van der Waals surface area contributed by atoms with Crippen LogP contribution in [0.1, 0.15) is 39.8 Å². The molecule has 0 aliphatic heterocycles. The molecular weight excluding hydrogens is 434 g/mol. The molecule has 3 aromatic rings. The van der Waals surface area contributed by atoms with Crippen LogP contribution in [-0.2, 0) is 10.0 Å². The Morgan fingerprint density at radius 2 is 1.71 bits per heavy atom. The number of carbonyl (C=O) groups is 2. The largest absolute Gasteiger partial charge is 0.298 e. The van der Waals surface area contributed by atoms with Gasteiger partial charge in [-0.3, -0.25) is 14.9 Å². The predicted molar refractivity (Wildman–Crippen MR) is 120 cm³/mol. The molecule has 0 atom stereocenters. The monoisotopic (exact) mass is 455 g/mol. The Balaban J connectivity index is 1.54. The number of hydrogen-bond donors (Lipinski definition) is 1. The molecule has 0 spiro atoms. The number of aromatic nitrogens is 1. The average Bonchev–Trinajstić information content (AvgIpc) is 3.53. The molecule has 1 N–H and O–H groups in total. The van der Waals surface area contributed by atoms with Gasteiger partial charge in [-0.25, -0.2) is 13.4 Å². The van der Waals surface area contributed by atoms with Crippen LogP contribution in [0.15, 0.2) is 59.5 Å². The molecule has 1 aromatic heterocycles. The Morgan fingerprint density at radius 3 is 2.29 bits per heavy atom. The fourth-order valence-electron chi connectivity index (χ4n) is 3.15. The van der Waals surface area contributed by atoms with E-state index < -0.39 is 15.9 Å². The molecule has 2 aromatic carbocycles. The number of rotatable bonds is 7. The molecule has 0 bridgehead atoms. The molecule has 1 saturated carbocycles. The van der Waals surface area contributed by atoms with Crippen molar-refractivity contribution in [1.82, 2.24) is 9.29 Å². The molecule has 1 fully saturated rings. The van der Waals surface area contributed by atoms with Gasteiger partial charge in [-0.2, -0.15) is 4.31 Å². The first-order valence-electron chi connectivity index (χ1n) is 9.74.